The maximum absolute atomic E-state index is 14.8. The van der Waals surface area contributed by atoms with Gasteiger partial charge in [0.25, 0.3) is 10.0 Å². The molecule has 166 valence electrons. The molecule has 8 nitrogen and oxygen atoms in total. The average molecular weight is 479 g/mol. The molecule has 0 saturated heterocycles. The lowest BCUT2D eigenvalue weighted by Gasteiger charge is -2.23. The van der Waals surface area contributed by atoms with E-state index in [1.54, 1.807) is 23.6 Å². The SMILES string of the molecule is O=c1oc2cc(S(=O)(=O)Nc3nccs3)c(F)cc2n1Cc1cccc2c1CNC[C@@H]2F. The first-order chi connectivity index (χ1) is 15.3. The number of anilines is 1. The summed E-state index contributed by atoms with van der Waals surface area (Å²) in [6.45, 7) is 0.671. The zero-order valence-corrected chi connectivity index (χ0v) is 18.0. The fourth-order valence-electron chi connectivity index (χ4n) is 3.78. The van der Waals surface area contributed by atoms with E-state index < -0.39 is 32.7 Å². The molecule has 2 aromatic heterocycles. The number of aromatic nitrogens is 2. The van der Waals surface area contributed by atoms with Gasteiger partial charge in [-0.15, -0.1) is 11.3 Å². The molecular formula is C20H16F2N4O4S2. The number of fused-ring (bicyclic) bond motifs is 2. The summed E-state index contributed by atoms with van der Waals surface area (Å²) < 4.78 is 62.9. The number of benzene rings is 2. The molecule has 0 aliphatic carbocycles. The van der Waals surface area contributed by atoms with Crippen LogP contribution < -0.4 is 15.8 Å². The second-order valence-electron chi connectivity index (χ2n) is 7.23. The summed E-state index contributed by atoms with van der Waals surface area (Å²) in [6, 6.07) is 7.08. The minimum absolute atomic E-state index is 0.0201. The number of oxazole rings is 1. The van der Waals surface area contributed by atoms with Gasteiger partial charge in [-0.1, -0.05) is 18.2 Å². The molecule has 5 rings (SSSR count). The Kier molecular flexibility index (Phi) is 5.07. The standard InChI is InChI=1S/C20H16F2N4O4S2/c21-14-6-16-17(7-18(14)32(28,29)25-19-24-4-5-31-19)30-20(27)26(16)10-11-2-1-3-12-13(11)8-23-9-15(12)22/h1-7,15,23H,8-10H2,(H,24,25)/t15-/m0/s1. The number of sulfonamides is 1. The van der Waals surface area contributed by atoms with E-state index in [1.165, 1.54) is 10.8 Å². The maximum atomic E-state index is 14.8. The molecule has 2 N–H and O–H groups in total. The van der Waals surface area contributed by atoms with Gasteiger partial charge < -0.3 is 9.73 Å². The van der Waals surface area contributed by atoms with E-state index in [2.05, 4.69) is 15.0 Å². The van der Waals surface area contributed by atoms with Crippen LogP contribution in [0, 0.1) is 5.82 Å². The predicted octanol–water partition coefficient (Wildman–Crippen LogP) is 3.15. The van der Waals surface area contributed by atoms with Crippen molar-refractivity contribution in [2.24, 2.45) is 0 Å². The molecule has 1 aliphatic rings. The molecule has 1 aliphatic heterocycles. The van der Waals surface area contributed by atoms with Crippen LogP contribution in [0.3, 0.4) is 0 Å². The highest BCUT2D eigenvalue weighted by Gasteiger charge is 2.25. The summed E-state index contributed by atoms with van der Waals surface area (Å²) in [5.41, 5.74) is 1.99. The highest BCUT2D eigenvalue weighted by Crippen LogP contribution is 2.29. The Bertz CT molecular complexity index is 1480. The first kappa shape index (κ1) is 20.8. The Morgan fingerprint density at radius 1 is 1.34 bits per heavy atom. The van der Waals surface area contributed by atoms with Crippen LogP contribution in [-0.2, 0) is 23.1 Å². The molecule has 1 atom stereocenters. The van der Waals surface area contributed by atoms with Crippen LogP contribution in [0.2, 0.25) is 0 Å². The zero-order valence-electron chi connectivity index (χ0n) is 16.3. The van der Waals surface area contributed by atoms with Crippen LogP contribution in [0.25, 0.3) is 11.1 Å². The Morgan fingerprint density at radius 3 is 2.97 bits per heavy atom. The monoisotopic (exact) mass is 478 g/mol. The fraction of sp³-hybridized carbons (Fsp3) is 0.200. The molecule has 0 spiro atoms. The van der Waals surface area contributed by atoms with E-state index in [4.69, 9.17) is 4.42 Å². The van der Waals surface area contributed by atoms with Gasteiger partial charge in [0.2, 0.25) is 0 Å². The zero-order chi connectivity index (χ0) is 22.5. The Balaban J connectivity index is 1.56. The summed E-state index contributed by atoms with van der Waals surface area (Å²) in [5.74, 6) is -1.82. The summed E-state index contributed by atoms with van der Waals surface area (Å²) in [4.78, 5) is 15.7. The van der Waals surface area contributed by atoms with Gasteiger partial charge in [0, 0.05) is 36.8 Å². The molecular weight excluding hydrogens is 462 g/mol. The number of hydrogen-bond donors (Lipinski definition) is 2. The van der Waals surface area contributed by atoms with Crippen molar-refractivity contribution in [3.8, 4) is 0 Å². The number of hydrogen-bond acceptors (Lipinski definition) is 7. The lowest BCUT2D eigenvalue weighted by Crippen LogP contribution is -2.28. The van der Waals surface area contributed by atoms with Crippen LogP contribution in [0.1, 0.15) is 22.9 Å². The highest BCUT2D eigenvalue weighted by molar-refractivity contribution is 7.93. The topological polar surface area (TPSA) is 106 Å². The van der Waals surface area contributed by atoms with E-state index in [0.717, 1.165) is 29.0 Å². The third-order valence-corrected chi connectivity index (χ3v) is 7.44. The third kappa shape index (κ3) is 3.59. The summed E-state index contributed by atoms with van der Waals surface area (Å²) in [7, 11) is -4.28. The molecule has 2 aromatic carbocycles. The molecule has 0 amide bonds. The molecule has 12 heteroatoms. The molecule has 32 heavy (non-hydrogen) atoms. The van der Waals surface area contributed by atoms with Gasteiger partial charge in [-0.25, -0.2) is 27.0 Å². The van der Waals surface area contributed by atoms with Crippen molar-refractivity contribution in [2.75, 3.05) is 11.3 Å². The maximum Gasteiger partial charge on any atom is 0.420 e. The van der Waals surface area contributed by atoms with Gasteiger partial charge in [0.15, 0.2) is 10.7 Å². The molecule has 0 radical (unpaired) electrons. The average Bonchev–Trinajstić information content (AvgIpc) is 3.35. The summed E-state index contributed by atoms with van der Waals surface area (Å²) in [6.07, 6.45) is 0.247. The number of nitrogens with one attached hydrogen (secondary N) is 2. The fourth-order valence-corrected chi connectivity index (χ4v) is 5.64. The van der Waals surface area contributed by atoms with Crippen LogP contribution in [0.15, 0.2) is 56.0 Å². The van der Waals surface area contributed by atoms with E-state index in [1.807, 2.05) is 0 Å². The van der Waals surface area contributed by atoms with E-state index in [0.29, 0.717) is 17.7 Å². The van der Waals surface area contributed by atoms with E-state index >= 15 is 0 Å². The van der Waals surface area contributed by atoms with Crippen LogP contribution in [-0.4, -0.2) is 24.5 Å². The normalized spacial score (nSPS) is 16.2. The van der Waals surface area contributed by atoms with Gasteiger partial charge in [0.05, 0.1) is 12.1 Å². The van der Waals surface area contributed by atoms with Gasteiger partial charge in [-0.2, -0.15) is 0 Å². The second kappa shape index (κ2) is 7.80. The lowest BCUT2D eigenvalue weighted by atomic mass is 9.94. The molecule has 4 aromatic rings. The number of rotatable bonds is 5. The van der Waals surface area contributed by atoms with Crippen molar-refractivity contribution in [1.82, 2.24) is 14.9 Å². The van der Waals surface area contributed by atoms with E-state index in [9.17, 15) is 22.0 Å². The molecule has 0 bridgehead atoms. The summed E-state index contributed by atoms with van der Waals surface area (Å²) >= 11 is 1.04. The van der Waals surface area contributed by atoms with Crippen molar-refractivity contribution < 1.29 is 21.6 Å². The lowest BCUT2D eigenvalue weighted by molar-refractivity contribution is 0.309. The van der Waals surface area contributed by atoms with Gasteiger partial charge in [0.1, 0.15) is 16.9 Å². The van der Waals surface area contributed by atoms with Gasteiger partial charge in [-0.05, 0) is 16.7 Å². The van der Waals surface area contributed by atoms with Gasteiger partial charge in [-0.3, -0.25) is 9.29 Å². The van der Waals surface area contributed by atoms with Crippen LogP contribution >= 0.6 is 11.3 Å². The van der Waals surface area contributed by atoms with Crippen LogP contribution in [0.5, 0.6) is 0 Å². The molecule has 0 unspecified atom stereocenters. The van der Waals surface area contributed by atoms with Crippen molar-refractivity contribution >= 4 is 37.6 Å². The first-order valence-corrected chi connectivity index (χ1v) is 11.9. The minimum Gasteiger partial charge on any atom is -0.408 e. The Labute approximate surface area is 184 Å². The quantitative estimate of drug-likeness (QED) is 0.457. The molecule has 0 fully saturated rings. The number of nitrogens with zero attached hydrogens (tertiary/aromatic N) is 2. The predicted molar refractivity (Wildman–Crippen MR) is 114 cm³/mol. The van der Waals surface area contributed by atoms with E-state index in [-0.39, 0.29) is 29.3 Å². The Hall–Kier alpha value is -3.09. The molecule has 0 saturated carbocycles. The first-order valence-electron chi connectivity index (χ1n) is 9.54. The van der Waals surface area contributed by atoms with Gasteiger partial charge >= 0.3 is 5.76 Å². The second-order valence-corrected chi connectivity index (χ2v) is 9.78. The summed E-state index contributed by atoms with van der Waals surface area (Å²) in [5, 5.41) is 4.64. The Morgan fingerprint density at radius 2 is 2.19 bits per heavy atom. The van der Waals surface area contributed by atoms with Crippen LogP contribution in [0.4, 0.5) is 13.9 Å². The largest absolute Gasteiger partial charge is 0.420 e. The number of halogens is 2. The van der Waals surface area contributed by atoms with Crippen molar-refractivity contribution in [3.05, 3.63) is 75.0 Å². The minimum atomic E-state index is -4.28. The molecule has 3 heterocycles. The van der Waals surface area contributed by atoms with Crippen molar-refractivity contribution in [1.29, 1.82) is 0 Å². The van der Waals surface area contributed by atoms with Crippen molar-refractivity contribution in [3.63, 3.8) is 0 Å². The highest BCUT2D eigenvalue weighted by atomic mass is 32.2. The number of thiazole rings is 1. The number of alkyl halides is 1. The third-order valence-electron chi connectivity index (χ3n) is 5.27. The smallest absolute Gasteiger partial charge is 0.408 e. The van der Waals surface area contributed by atoms with Crippen molar-refractivity contribution in [2.45, 2.75) is 24.2 Å².